The molecule has 1 heterocycles. The van der Waals surface area contributed by atoms with Crippen LogP contribution in [0.15, 0.2) is 18.2 Å². The molecule has 1 aromatic heterocycles. The van der Waals surface area contributed by atoms with Crippen LogP contribution in [0.2, 0.25) is 0 Å². The number of nitrogens with one attached hydrogen (secondary N) is 1. The first-order valence-electron chi connectivity index (χ1n) is 8.78. The maximum absolute atomic E-state index is 13.5. The molecule has 2 atom stereocenters. The van der Waals surface area contributed by atoms with E-state index in [0.29, 0.717) is 16.7 Å². The number of rotatable bonds is 2. The van der Waals surface area contributed by atoms with E-state index in [0.717, 1.165) is 41.3 Å². The predicted molar refractivity (Wildman–Crippen MR) is 103 cm³/mol. The van der Waals surface area contributed by atoms with E-state index in [-0.39, 0.29) is 36.2 Å². The number of carbonyl (C=O) groups excluding carboxylic acids is 1. The summed E-state index contributed by atoms with van der Waals surface area (Å²) in [6.07, 6.45) is 5.59. The summed E-state index contributed by atoms with van der Waals surface area (Å²) in [5, 5.41) is 4.14. The summed E-state index contributed by atoms with van der Waals surface area (Å²) >= 11 is 1.45. The summed E-state index contributed by atoms with van der Waals surface area (Å²) in [7, 11) is 0. The first kappa shape index (κ1) is 18.6. The van der Waals surface area contributed by atoms with E-state index in [1.807, 2.05) is 6.92 Å². The van der Waals surface area contributed by atoms with Gasteiger partial charge in [0.2, 0.25) is 0 Å². The Labute approximate surface area is 157 Å². The molecule has 2 aromatic rings. The Bertz CT molecular complexity index is 779. The van der Waals surface area contributed by atoms with Gasteiger partial charge in [0.05, 0.1) is 4.88 Å². The highest BCUT2D eigenvalue weighted by Crippen LogP contribution is 2.40. The van der Waals surface area contributed by atoms with Gasteiger partial charge in [-0.1, -0.05) is 6.42 Å². The molecule has 2 fully saturated rings. The largest absolute Gasteiger partial charge is 0.348 e. The highest BCUT2D eigenvalue weighted by molar-refractivity contribution is 7.21. The van der Waals surface area contributed by atoms with Crippen LogP contribution in [0.4, 0.5) is 4.39 Å². The van der Waals surface area contributed by atoms with Crippen LogP contribution in [0.5, 0.6) is 0 Å². The van der Waals surface area contributed by atoms with Crippen LogP contribution < -0.4 is 11.1 Å². The number of amides is 1. The fourth-order valence-corrected chi connectivity index (χ4v) is 5.74. The second kappa shape index (κ2) is 7.22. The maximum atomic E-state index is 13.5. The summed E-state index contributed by atoms with van der Waals surface area (Å²) in [5.41, 5.74) is 7.05. The van der Waals surface area contributed by atoms with Crippen LogP contribution >= 0.6 is 23.7 Å². The number of fused-ring (bicyclic) bond motifs is 3. The van der Waals surface area contributed by atoms with Crippen LogP contribution in [-0.4, -0.2) is 18.0 Å². The average molecular weight is 383 g/mol. The van der Waals surface area contributed by atoms with Crippen LogP contribution in [0, 0.1) is 24.6 Å². The van der Waals surface area contributed by atoms with Crippen LogP contribution in [-0.2, 0) is 0 Å². The van der Waals surface area contributed by atoms with Gasteiger partial charge in [-0.2, -0.15) is 0 Å². The molecular weight excluding hydrogens is 359 g/mol. The molecule has 2 unspecified atom stereocenters. The molecule has 2 aliphatic carbocycles. The maximum Gasteiger partial charge on any atom is 0.261 e. The van der Waals surface area contributed by atoms with Gasteiger partial charge >= 0.3 is 0 Å². The molecular formula is C19H24ClFN2OS. The molecule has 0 radical (unpaired) electrons. The Morgan fingerprint density at radius 1 is 1.28 bits per heavy atom. The minimum Gasteiger partial charge on any atom is -0.348 e. The Kier molecular flexibility index (Phi) is 5.37. The zero-order valence-electron chi connectivity index (χ0n) is 14.3. The van der Waals surface area contributed by atoms with Crippen molar-refractivity contribution in [2.45, 2.75) is 51.1 Å². The monoisotopic (exact) mass is 382 g/mol. The third-order valence-corrected chi connectivity index (χ3v) is 7.05. The first-order valence-corrected chi connectivity index (χ1v) is 9.59. The van der Waals surface area contributed by atoms with Crippen molar-refractivity contribution in [3.63, 3.8) is 0 Å². The molecule has 136 valence electrons. The summed E-state index contributed by atoms with van der Waals surface area (Å²) in [6.45, 7) is 1.91. The highest BCUT2D eigenvalue weighted by atomic mass is 35.5. The number of nitrogens with two attached hydrogens (primary N) is 1. The lowest BCUT2D eigenvalue weighted by Crippen LogP contribution is -2.53. The molecule has 4 rings (SSSR count). The molecule has 2 bridgehead atoms. The Balaban J connectivity index is 0.00000182. The Morgan fingerprint density at radius 2 is 1.96 bits per heavy atom. The van der Waals surface area contributed by atoms with Gasteiger partial charge in [-0.15, -0.1) is 23.7 Å². The summed E-state index contributed by atoms with van der Waals surface area (Å²) < 4.78 is 14.4. The van der Waals surface area contributed by atoms with E-state index in [1.54, 1.807) is 6.07 Å². The van der Waals surface area contributed by atoms with Crippen LogP contribution in [0.3, 0.4) is 0 Å². The highest BCUT2D eigenvalue weighted by Gasteiger charge is 2.40. The van der Waals surface area contributed by atoms with Gasteiger partial charge in [-0.05, 0) is 73.6 Å². The molecule has 0 spiro atoms. The van der Waals surface area contributed by atoms with E-state index in [2.05, 4.69) is 5.32 Å². The van der Waals surface area contributed by atoms with Crippen LogP contribution in [0.25, 0.3) is 10.1 Å². The van der Waals surface area contributed by atoms with Crippen molar-refractivity contribution in [2.75, 3.05) is 0 Å². The van der Waals surface area contributed by atoms with Crippen molar-refractivity contribution in [1.82, 2.24) is 5.32 Å². The number of carbonyl (C=O) groups is 1. The van der Waals surface area contributed by atoms with Gasteiger partial charge in [-0.3, -0.25) is 4.79 Å². The van der Waals surface area contributed by atoms with Crippen molar-refractivity contribution >= 4 is 39.7 Å². The number of hydrogen-bond donors (Lipinski definition) is 2. The Hall–Kier alpha value is -1.17. The zero-order chi connectivity index (χ0) is 16.8. The third-order valence-electron chi connectivity index (χ3n) is 5.78. The average Bonchev–Trinajstić information content (AvgIpc) is 2.85. The standard InChI is InChI=1S/C19H23FN2OS.ClH/c1-10-15-9-13(20)5-6-16(15)24-18(10)19(23)22-17-11-3-2-4-12(17)8-14(21)7-11;/h5-6,9,11-12,14,17H,2-4,7-8,21H2,1H3,(H,22,23);1H. The van der Waals surface area contributed by atoms with Crippen molar-refractivity contribution in [1.29, 1.82) is 0 Å². The van der Waals surface area contributed by atoms with Gasteiger partial charge in [0, 0.05) is 16.8 Å². The summed E-state index contributed by atoms with van der Waals surface area (Å²) in [4.78, 5) is 13.6. The fourth-order valence-electron chi connectivity index (χ4n) is 4.65. The topological polar surface area (TPSA) is 55.1 Å². The second-order valence-electron chi connectivity index (χ2n) is 7.38. The van der Waals surface area contributed by atoms with Crippen molar-refractivity contribution in [2.24, 2.45) is 17.6 Å². The zero-order valence-corrected chi connectivity index (χ0v) is 15.9. The van der Waals surface area contributed by atoms with Gasteiger partial charge in [0.25, 0.3) is 5.91 Å². The molecule has 25 heavy (non-hydrogen) atoms. The molecule has 1 amide bonds. The SMILES string of the molecule is Cc1c(C(=O)NC2C3CCCC2CC(N)C3)sc2ccc(F)cc12.Cl. The normalized spacial score (nSPS) is 28.4. The lowest BCUT2D eigenvalue weighted by Gasteiger charge is -2.45. The first-order chi connectivity index (χ1) is 11.5. The van der Waals surface area contributed by atoms with Gasteiger partial charge in [0.15, 0.2) is 0 Å². The molecule has 1 aromatic carbocycles. The third kappa shape index (κ3) is 3.42. The number of thiophene rings is 1. The molecule has 6 heteroatoms. The molecule has 2 aliphatic rings. The minimum atomic E-state index is -0.258. The van der Waals surface area contributed by atoms with Gasteiger partial charge < -0.3 is 11.1 Å². The summed E-state index contributed by atoms with van der Waals surface area (Å²) in [5.74, 6) is 0.741. The fraction of sp³-hybridized carbons (Fsp3) is 0.526. The smallest absolute Gasteiger partial charge is 0.261 e. The molecule has 0 saturated heterocycles. The predicted octanol–water partition coefficient (Wildman–Crippen LogP) is 4.41. The van der Waals surface area contributed by atoms with Gasteiger partial charge in [0.1, 0.15) is 5.82 Å². The van der Waals surface area contributed by atoms with Crippen LogP contribution in [0.1, 0.15) is 47.3 Å². The number of halogens is 2. The molecule has 0 aliphatic heterocycles. The van der Waals surface area contributed by atoms with E-state index in [1.165, 1.54) is 29.9 Å². The molecule has 3 nitrogen and oxygen atoms in total. The van der Waals surface area contributed by atoms with Gasteiger partial charge in [-0.25, -0.2) is 4.39 Å². The van der Waals surface area contributed by atoms with Crippen molar-refractivity contribution in [3.8, 4) is 0 Å². The van der Waals surface area contributed by atoms with Crippen molar-refractivity contribution in [3.05, 3.63) is 34.5 Å². The number of hydrogen-bond acceptors (Lipinski definition) is 3. The summed E-state index contributed by atoms with van der Waals surface area (Å²) in [6, 6.07) is 5.25. The Morgan fingerprint density at radius 3 is 2.64 bits per heavy atom. The van der Waals surface area contributed by atoms with E-state index < -0.39 is 0 Å². The number of benzene rings is 1. The lowest BCUT2D eigenvalue weighted by molar-refractivity contribution is 0.0759. The quantitative estimate of drug-likeness (QED) is 0.808. The van der Waals surface area contributed by atoms with E-state index in [4.69, 9.17) is 5.73 Å². The van der Waals surface area contributed by atoms with Crippen molar-refractivity contribution < 1.29 is 9.18 Å². The van der Waals surface area contributed by atoms with E-state index >= 15 is 0 Å². The molecule has 2 saturated carbocycles. The molecule has 3 N–H and O–H groups in total. The minimum absolute atomic E-state index is 0. The second-order valence-corrected chi connectivity index (χ2v) is 8.43. The van der Waals surface area contributed by atoms with E-state index in [9.17, 15) is 9.18 Å². The lowest BCUT2D eigenvalue weighted by atomic mass is 9.67. The number of aryl methyl sites for hydroxylation is 1.